The van der Waals surface area contributed by atoms with E-state index in [-0.39, 0.29) is 17.8 Å². The molecule has 3 rings (SSSR count). The summed E-state index contributed by atoms with van der Waals surface area (Å²) in [6.45, 7) is 2.08. The van der Waals surface area contributed by atoms with Gasteiger partial charge in [0.1, 0.15) is 0 Å². The lowest BCUT2D eigenvalue weighted by atomic mass is 10.1. The average molecular weight is 333 g/mol. The number of hydrogen-bond donors (Lipinski definition) is 1. The van der Waals surface area contributed by atoms with Gasteiger partial charge in [-0.1, -0.05) is 30.9 Å². The first-order chi connectivity index (χ1) is 12.1. The third-order valence-corrected chi connectivity index (χ3v) is 4.21. The minimum absolute atomic E-state index is 0.0726. The van der Waals surface area contributed by atoms with Crippen LogP contribution in [0.1, 0.15) is 34.8 Å². The molecule has 0 unspecified atom stereocenters. The molecule has 0 bridgehead atoms. The summed E-state index contributed by atoms with van der Waals surface area (Å²) in [5.41, 5.74) is 2.74. The molecule has 2 atom stereocenters. The number of methoxy groups -OCH3 is 1. The SMILES string of the molecule is COC(=O)c1cccc(C#Cc2cccc(NC(=O)[C@H]3C[C@@H]3C)c2)c1. The van der Waals surface area contributed by atoms with E-state index >= 15 is 0 Å². The first-order valence-corrected chi connectivity index (χ1v) is 8.18. The summed E-state index contributed by atoms with van der Waals surface area (Å²) in [4.78, 5) is 23.6. The Kier molecular flexibility index (Phi) is 4.85. The lowest BCUT2D eigenvalue weighted by Crippen LogP contribution is -2.14. The Bertz CT molecular complexity index is 876. The van der Waals surface area contributed by atoms with Crippen molar-refractivity contribution in [1.82, 2.24) is 0 Å². The molecule has 126 valence electrons. The monoisotopic (exact) mass is 333 g/mol. The van der Waals surface area contributed by atoms with Crippen molar-refractivity contribution in [2.75, 3.05) is 12.4 Å². The van der Waals surface area contributed by atoms with Crippen LogP contribution in [0.5, 0.6) is 0 Å². The van der Waals surface area contributed by atoms with E-state index in [2.05, 4.69) is 24.1 Å². The highest BCUT2D eigenvalue weighted by Crippen LogP contribution is 2.38. The van der Waals surface area contributed by atoms with E-state index in [0.29, 0.717) is 11.5 Å². The zero-order valence-corrected chi connectivity index (χ0v) is 14.2. The number of amides is 1. The summed E-state index contributed by atoms with van der Waals surface area (Å²) in [7, 11) is 1.35. The number of esters is 1. The molecular formula is C21H19NO3. The lowest BCUT2D eigenvalue weighted by molar-refractivity contribution is -0.117. The van der Waals surface area contributed by atoms with Crippen molar-refractivity contribution in [3.8, 4) is 11.8 Å². The molecule has 1 saturated carbocycles. The van der Waals surface area contributed by atoms with Crippen LogP contribution in [0.2, 0.25) is 0 Å². The summed E-state index contributed by atoms with van der Waals surface area (Å²) < 4.78 is 4.71. The Balaban J connectivity index is 1.73. The number of benzene rings is 2. The molecule has 4 nitrogen and oxygen atoms in total. The predicted octanol–water partition coefficient (Wildman–Crippen LogP) is 3.47. The van der Waals surface area contributed by atoms with E-state index in [0.717, 1.165) is 23.2 Å². The number of carbonyl (C=O) groups excluding carboxylic acids is 2. The Morgan fingerprint density at radius 1 is 1.08 bits per heavy atom. The van der Waals surface area contributed by atoms with Crippen LogP contribution in [-0.4, -0.2) is 19.0 Å². The molecule has 1 aliphatic carbocycles. The molecule has 2 aromatic carbocycles. The maximum atomic E-state index is 12.0. The van der Waals surface area contributed by atoms with E-state index in [1.807, 2.05) is 30.3 Å². The molecule has 1 fully saturated rings. The van der Waals surface area contributed by atoms with Crippen LogP contribution in [-0.2, 0) is 9.53 Å². The van der Waals surface area contributed by atoms with Gasteiger partial charge in [-0.3, -0.25) is 4.79 Å². The van der Waals surface area contributed by atoms with Crippen molar-refractivity contribution in [3.05, 3.63) is 65.2 Å². The van der Waals surface area contributed by atoms with Gasteiger partial charge >= 0.3 is 5.97 Å². The standard InChI is InChI=1S/C21H19NO3/c1-14-11-19(14)20(23)22-18-8-4-6-16(13-18)10-9-15-5-3-7-17(12-15)21(24)25-2/h3-8,12-14,19H,11H2,1-2H3,(H,22,23)/t14-,19-/m0/s1. The van der Waals surface area contributed by atoms with Gasteiger partial charge in [0.05, 0.1) is 12.7 Å². The first-order valence-electron chi connectivity index (χ1n) is 8.18. The Morgan fingerprint density at radius 2 is 1.72 bits per heavy atom. The summed E-state index contributed by atoms with van der Waals surface area (Å²) >= 11 is 0. The molecule has 0 saturated heterocycles. The largest absolute Gasteiger partial charge is 0.465 e. The van der Waals surface area contributed by atoms with Crippen LogP contribution in [0, 0.1) is 23.7 Å². The third-order valence-electron chi connectivity index (χ3n) is 4.21. The molecule has 1 amide bonds. The Hall–Kier alpha value is -3.06. The second-order valence-corrected chi connectivity index (χ2v) is 6.21. The number of ether oxygens (including phenoxy) is 1. The van der Waals surface area contributed by atoms with Crippen LogP contribution in [0.15, 0.2) is 48.5 Å². The summed E-state index contributed by atoms with van der Waals surface area (Å²) in [6, 6.07) is 14.4. The maximum absolute atomic E-state index is 12.0. The number of rotatable bonds is 3. The number of nitrogens with one attached hydrogen (secondary N) is 1. The van der Waals surface area contributed by atoms with Crippen molar-refractivity contribution in [1.29, 1.82) is 0 Å². The van der Waals surface area contributed by atoms with E-state index in [9.17, 15) is 9.59 Å². The second kappa shape index (κ2) is 7.23. The molecular weight excluding hydrogens is 314 g/mol. The molecule has 2 aromatic rings. The van der Waals surface area contributed by atoms with Crippen molar-refractivity contribution >= 4 is 17.6 Å². The van der Waals surface area contributed by atoms with Crippen LogP contribution in [0.25, 0.3) is 0 Å². The molecule has 4 heteroatoms. The molecule has 25 heavy (non-hydrogen) atoms. The minimum atomic E-state index is -0.386. The normalized spacial score (nSPS) is 17.8. The summed E-state index contributed by atoms with van der Waals surface area (Å²) in [5.74, 6) is 6.39. The quantitative estimate of drug-likeness (QED) is 0.691. The van der Waals surface area contributed by atoms with E-state index in [1.54, 1.807) is 18.2 Å². The van der Waals surface area contributed by atoms with E-state index in [4.69, 9.17) is 4.74 Å². The Labute approximate surface area is 147 Å². The van der Waals surface area contributed by atoms with Crippen molar-refractivity contribution in [2.45, 2.75) is 13.3 Å². The van der Waals surface area contributed by atoms with Gasteiger partial charge in [-0.25, -0.2) is 4.79 Å². The van der Waals surface area contributed by atoms with Crippen LogP contribution in [0.4, 0.5) is 5.69 Å². The Morgan fingerprint density at radius 3 is 2.36 bits per heavy atom. The van der Waals surface area contributed by atoms with Gasteiger partial charge in [0.15, 0.2) is 0 Å². The molecule has 0 radical (unpaired) electrons. The second-order valence-electron chi connectivity index (χ2n) is 6.21. The molecule has 1 N–H and O–H groups in total. The minimum Gasteiger partial charge on any atom is -0.465 e. The van der Waals surface area contributed by atoms with Crippen LogP contribution < -0.4 is 5.32 Å². The molecule has 1 aliphatic rings. The third kappa shape index (κ3) is 4.27. The topological polar surface area (TPSA) is 55.4 Å². The average Bonchev–Trinajstić information content (AvgIpc) is 3.37. The molecule has 0 aromatic heterocycles. The fourth-order valence-electron chi connectivity index (χ4n) is 2.58. The van der Waals surface area contributed by atoms with Gasteiger partial charge in [0, 0.05) is 22.7 Å². The first kappa shape index (κ1) is 16.8. The molecule has 0 aliphatic heterocycles. The van der Waals surface area contributed by atoms with Gasteiger partial charge < -0.3 is 10.1 Å². The molecule has 0 spiro atoms. The highest BCUT2D eigenvalue weighted by atomic mass is 16.5. The van der Waals surface area contributed by atoms with Gasteiger partial charge in [0.25, 0.3) is 0 Å². The lowest BCUT2D eigenvalue weighted by Gasteiger charge is -2.04. The highest BCUT2D eigenvalue weighted by molar-refractivity contribution is 5.94. The number of carbonyl (C=O) groups is 2. The number of anilines is 1. The fraction of sp³-hybridized carbons (Fsp3) is 0.238. The smallest absolute Gasteiger partial charge is 0.337 e. The van der Waals surface area contributed by atoms with Crippen LogP contribution in [0.3, 0.4) is 0 Å². The maximum Gasteiger partial charge on any atom is 0.337 e. The highest BCUT2D eigenvalue weighted by Gasteiger charge is 2.39. The van der Waals surface area contributed by atoms with Gasteiger partial charge in [-0.2, -0.15) is 0 Å². The zero-order chi connectivity index (χ0) is 17.8. The van der Waals surface area contributed by atoms with Crippen molar-refractivity contribution in [2.24, 2.45) is 11.8 Å². The van der Waals surface area contributed by atoms with Gasteiger partial charge in [0.2, 0.25) is 5.91 Å². The van der Waals surface area contributed by atoms with E-state index < -0.39 is 0 Å². The van der Waals surface area contributed by atoms with Gasteiger partial charge in [-0.15, -0.1) is 0 Å². The van der Waals surface area contributed by atoms with Crippen molar-refractivity contribution < 1.29 is 14.3 Å². The van der Waals surface area contributed by atoms with Crippen molar-refractivity contribution in [3.63, 3.8) is 0 Å². The zero-order valence-electron chi connectivity index (χ0n) is 14.2. The summed E-state index contributed by atoms with van der Waals surface area (Å²) in [6.07, 6.45) is 0.960. The summed E-state index contributed by atoms with van der Waals surface area (Å²) in [5, 5.41) is 2.94. The molecule has 0 heterocycles. The van der Waals surface area contributed by atoms with E-state index in [1.165, 1.54) is 7.11 Å². The predicted molar refractivity (Wildman–Crippen MR) is 96.1 cm³/mol. The number of hydrogen-bond acceptors (Lipinski definition) is 3. The fourth-order valence-corrected chi connectivity index (χ4v) is 2.58. The van der Waals surface area contributed by atoms with Gasteiger partial charge in [-0.05, 0) is 48.7 Å². The van der Waals surface area contributed by atoms with Crippen LogP contribution >= 0.6 is 0 Å².